The Kier molecular flexibility index (Phi) is 4.41. The third-order valence-corrected chi connectivity index (χ3v) is 4.88. The van der Waals surface area contributed by atoms with Crippen molar-refractivity contribution in [2.24, 2.45) is 0 Å². The molecule has 0 saturated heterocycles. The highest BCUT2D eigenvalue weighted by molar-refractivity contribution is 7.92. The minimum absolute atomic E-state index is 0.213. The van der Waals surface area contributed by atoms with E-state index in [0.29, 0.717) is 10.7 Å². The summed E-state index contributed by atoms with van der Waals surface area (Å²) in [6, 6.07) is 14.7. The SMILES string of the molecule is O=C(CS(=O)(=O)c1nnnn1-c1ccccc1)c1cccc(Cl)c1. The zero-order chi connectivity index (χ0) is 17.2. The van der Waals surface area contributed by atoms with E-state index in [1.165, 1.54) is 12.1 Å². The van der Waals surface area contributed by atoms with E-state index in [1.807, 2.05) is 0 Å². The lowest BCUT2D eigenvalue weighted by Crippen LogP contribution is -2.20. The first-order valence-electron chi connectivity index (χ1n) is 6.83. The topological polar surface area (TPSA) is 94.8 Å². The number of sulfone groups is 1. The number of para-hydroxylation sites is 1. The Labute approximate surface area is 142 Å². The monoisotopic (exact) mass is 362 g/mol. The summed E-state index contributed by atoms with van der Waals surface area (Å²) in [6.45, 7) is 0. The number of ketones is 1. The molecule has 1 heterocycles. The molecule has 0 saturated carbocycles. The molecule has 0 spiro atoms. The van der Waals surface area contributed by atoms with Gasteiger partial charge in [0.25, 0.3) is 5.16 Å². The molecule has 0 atom stereocenters. The smallest absolute Gasteiger partial charge is 0.272 e. The van der Waals surface area contributed by atoms with Gasteiger partial charge in [-0.3, -0.25) is 4.79 Å². The third kappa shape index (κ3) is 3.34. The standard InChI is InChI=1S/C15H11ClN4O3S/c16-12-6-4-5-11(9-12)14(21)10-24(22,23)15-17-18-19-20(15)13-7-2-1-3-8-13/h1-9H,10H2. The third-order valence-electron chi connectivity index (χ3n) is 3.19. The molecule has 3 aromatic rings. The summed E-state index contributed by atoms with van der Waals surface area (Å²) in [7, 11) is -4.02. The molecule has 0 radical (unpaired) electrons. The first kappa shape index (κ1) is 16.3. The van der Waals surface area contributed by atoms with Crippen molar-refractivity contribution in [3.05, 3.63) is 65.2 Å². The molecule has 0 aliphatic rings. The van der Waals surface area contributed by atoms with Crippen LogP contribution in [-0.2, 0) is 9.84 Å². The maximum absolute atomic E-state index is 12.5. The van der Waals surface area contributed by atoms with Gasteiger partial charge in [-0.25, -0.2) is 8.42 Å². The summed E-state index contributed by atoms with van der Waals surface area (Å²) in [6.07, 6.45) is 0. The number of nitrogens with zero attached hydrogens (tertiary/aromatic N) is 4. The number of benzene rings is 2. The zero-order valence-electron chi connectivity index (χ0n) is 12.2. The summed E-state index contributed by atoms with van der Waals surface area (Å²) >= 11 is 5.83. The van der Waals surface area contributed by atoms with Crippen LogP contribution in [-0.4, -0.2) is 40.2 Å². The molecule has 1 aromatic heterocycles. The highest BCUT2D eigenvalue weighted by Gasteiger charge is 2.27. The van der Waals surface area contributed by atoms with E-state index in [0.717, 1.165) is 4.68 Å². The van der Waals surface area contributed by atoms with Crippen LogP contribution in [0.5, 0.6) is 0 Å². The summed E-state index contributed by atoms with van der Waals surface area (Å²) in [4.78, 5) is 12.2. The van der Waals surface area contributed by atoms with Crippen LogP contribution in [0.15, 0.2) is 59.8 Å². The van der Waals surface area contributed by atoms with Gasteiger partial charge in [0.2, 0.25) is 9.84 Å². The molecule has 7 nitrogen and oxygen atoms in total. The van der Waals surface area contributed by atoms with Crippen molar-refractivity contribution in [1.82, 2.24) is 20.2 Å². The number of hydrogen-bond donors (Lipinski definition) is 0. The first-order valence-corrected chi connectivity index (χ1v) is 8.86. The highest BCUT2D eigenvalue weighted by atomic mass is 35.5. The molecule has 2 aromatic carbocycles. The Morgan fingerprint density at radius 1 is 1.08 bits per heavy atom. The van der Waals surface area contributed by atoms with Gasteiger partial charge < -0.3 is 0 Å². The van der Waals surface area contributed by atoms with Crippen LogP contribution in [0.2, 0.25) is 5.02 Å². The maximum atomic E-state index is 12.5. The summed E-state index contributed by atoms with van der Waals surface area (Å²) in [5.74, 6) is -1.33. The number of carbonyl (C=O) groups excluding carboxylic acids is 1. The van der Waals surface area contributed by atoms with Crippen LogP contribution >= 0.6 is 11.6 Å². The van der Waals surface area contributed by atoms with Crippen molar-refractivity contribution in [1.29, 1.82) is 0 Å². The molecule has 0 N–H and O–H groups in total. The van der Waals surface area contributed by atoms with Crippen LogP contribution < -0.4 is 0 Å². The van der Waals surface area contributed by atoms with E-state index in [-0.39, 0.29) is 10.7 Å². The lowest BCUT2D eigenvalue weighted by atomic mass is 10.1. The zero-order valence-corrected chi connectivity index (χ0v) is 13.8. The normalized spacial score (nSPS) is 11.4. The second kappa shape index (κ2) is 6.50. The van der Waals surface area contributed by atoms with Gasteiger partial charge in [-0.2, -0.15) is 4.68 Å². The van der Waals surface area contributed by atoms with E-state index in [9.17, 15) is 13.2 Å². The summed E-state index contributed by atoms with van der Waals surface area (Å²) in [5.41, 5.74) is 0.695. The van der Waals surface area contributed by atoms with E-state index in [4.69, 9.17) is 11.6 Å². The van der Waals surface area contributed by atoms with Crippen molar-refractivity contribution in [2.75, 3.05) is 5.75 Å². The molecule has 0 bridgehead atoms. The van der Waals surface area contributed by atoms with Crippen molar-refractivity contribution in [3.63, 3.8) is 0 Å². The molecule has 0 fully saturated rings. The van der Waals surface area contributed by atoms with Gasteiger partial charge in [-0.15, -0.1) is 0 Å². The summed E-state index contributed by atoms with van der Waals surface area (Å²) < 4.78 is 26.2. The predicted octanol–water partition coefficient (Wildman–Crippen LogP) is 1.97. The lowest BCUT2D eigenvalue weighted by molar-refractivity contribution is 0.102. The van der Waals surface area contributed by atoms with E-state index < -0.39 is 21.4 Å². The van der Waals surface area contributed by atoms with Gasteiger partial charge in [-0.1, -0.05) is 47.0 Å². The highest BCUT2D eigenvalue weighted by Crippen LogP contribution is 2.16. The average Bonchev–Trinajstić information content (AvgIpc) is 3.06. The minimum Gasteiger partial charge on any atom is -0.293 e. The Morgan fingerprint density at radius 3 is 2.54 bits per heavy atom. The molecule has 3 rings (SSSR count). The van der Waals surface area contributed by atoms with E-state index in [2.05, 4.69) is 15.5 Å². The van der Waals surface area contributed by atoms with Gasteiger partial charge >= 0.3 is 0 Å². The van der Waals surface area contributed by atoms with E-state index in [1.54, 1.807) is 42.5 Å². The largest absolute Gasteiger partial charge is 0.293 e. The van der Waals surface area contributed by atoms with E-state index >= 15 is 0 Å². The molecule has 0 amide bonds. The second-order valence-corrected chi connectivity index (χ2v) is 7.22. The van der Waals surface area contributed by atoms with Gasteiger partial charge in [-0.05, 0) is 34.7 Å². The van der Waals surface area contributed by atoms with Gasteiger partial charge in [0.05, 0.1) is 5.69 Å². The Balaban J connectivity index is 1.92. The number of halogens is 1. The molecule has 24 heavy (non-hydrogen) atoms. The predicted molar refractivity (Wildman–Crippen MR) is 87.0 cm³/mol. The van der Waals surface area contributed by atoms with Crippen molar-refractivity contribution >= 4 is 27.2 Å². The Bertz CT molecular complexity index is 987. The van der Waals surface area contributed by atoms with Crippen LogP contribution in [0.4, 0.5) is 0 Å². The number of Topliss-reactive ketones (excluding diaryl/α,β-unsaturated/α-hetero) is 1. The fraction of sp³-hybridized carbons (Fsp3) is 0.0667. The lowest BCUT2D eigenvalue weighted by Gasteiger charge is -2.05. The number of rotatable bonds is 5. The average molecular weight is 363 g/mol. The Morgan fingerprint density at radius 2 is 1.83 bits per heavy atom. The minimum atomic E-state index is -4.02. The molecule has 0 aliphatic heterocycles. The first-order chi connectivity index (χ1) is 11.5. The number of tetrazole rings is 1. The van der Waals surface area contributed by atoms with Crippen molar-refractivity contribution in [2.45, 2.75) is 5.16 Å². The summed E-state index contributed by atoms with van der Waals surface area (Å²) in [5, 5.41) is 10.6. The van der Waals surface area contributed by atoms with Crippen LogP contribution in [0, 0.1) is 0 Å². The second-order valence-electron chi connectivity index (χ2n) is 4.90. The van der Waals surface area contributed by atoms with Crippen LogP contribution in [0.3, 0.4) is 0 Å². The van der Waals surface area contributed by atoms with Gasteiger partial charge in [0.1, 0.15) is 5.75 Å². The fourth-order valence-electron chi connectivity index (χ4n) is 2.09. The fourth-order valence-corrected chi connectivity index (χ4v) is 3.48. The molecule has 0 unspecified atom stereocenters. The molecule has 122 valence electrons. The molecule has 0 aliphatic carbocycles. The van der Waals surface area contributed by atoms with Crippen molar-refractivity contribution in [3.8, 4) is 5.69 Å². The number of carbonyl (C=O) groups is 1. The van der Waals surface area contributed by atoms with Crippen LogP contribution in [0.25, 0.3) is 5.69 Å². The number of hydrogen-bond acceptors (Lipinski definition) is 6. The molecule has 9 heteroatoms. The Hall–Kier alpha value is -2.58. The van der Waals surface area contributed by atoms with Crippen molar-refractivity contribution < 1.29 is 13.2 Å². The maximum Gasteiger partial charge on any atom is 0.272 e. The number of aromatic nitrogens is 4. The van der Waals surface area contributed by atoms with Gasteiger partial charge in [0.15, 0.2) is 5.78 Å². The van der Waals surface area contributed by atoms with Crippen LogP contribution in [0.1, 0.15) is 10.4 Å². The quantitative estimate of drug-likeness (QED) is 0.644. The molecular formula is C15H11ClN4O3S. The van der Waals surface area contributed by atoms with Gasteiger partial charge in [0, 0.05) is 10.6 Å². The molecular weight excluding hydrogens is 352 g/mol.